The van der Waals surface area contributed by atoms with Crippen molar-refractivity contribution in [1.82, 2.24) is 10.0 Å². The van der Waals surface area contributed by atoms with E-state index in [1.807, 2.05) is 0 Å². The maximum Gasteiger partial charge on any atom is 0.273 e. The Kier molecular flexibility index (Phi) is 5.90. The monoisotopic (exact) mass is 274 g/mol. The maximum absolute atomic E-state index is 11.4. The van der Waals surface area contributed by atoms with Crippen molar-refractivity contribution in [3.63, 3.8) is 0 Å². The van der Waals surface area contributed by atoms with E-state index in [0.717, 1.165) is 13.0 Å². The predicted octanol–water partition coefficient (Wildman–Crippen LogP) is 0.828. The molecule has 1 aromatic rings. The highest BCUT2D eigenvalue weighted by molar-refractivity contribution is 7.89. The molecule has 0 aromatic carbocycles. The summed E-state index contributed by atoms with van der Waals surface area (Å²) >= 11 is 0. The van der Waals surface area contributed by atoms with E-state index in [4.69, 9.17) is 9.15 Å². The molecule has 1 aromatic heterocycles. The summed E-state index contributed by atoms with van der Waals surface area (Å²) in [6, 6.07) is 3.07. The van der Waals surface area contributed by atoms with Crippen LogP contribution in [0.4, 0.5) is 0 Å². The number of hydrogen-bond acceptors (Lipinski definition) is 5. The van der Waals surface area contributed by atoms with Gasteiger partial charge in [0.1, 0.15) is 5.76 Å². The fourth-order valence-corrected chi connectivity index (χ4v) is 1.94. The number of furan rings is 1. The van der Waals surface area contributed by atoms with Gasteiger partial charge >= 0.3 is 0 Å². The lowest BCUT2D eigenvalue weighted by Gasteiger charge is -2.02. The largest absolute Gasteiger partial charge is 0.502 e. The van der Waals surface area contributed by atoms with Gasteiger partial charge in [-0.15, -0.1) is 0 Å². The molecular weight excluding hydrogens is 256 g/mol. The molecule has 0 radical (unpaired) electrons. The predicted molar refractivity (Wildman–Crippen MR) is 67.4 cm³/mol. The summed E-state index contributed by atoms with van der Waals surface area (Å²) in [5.41, 5.74) is 0. The first kappa shape index (κ1) is 14.7. The van der Waals surface area contributed by atoms with Crippen LogP contribution in [0.2, 0.25) is 0 Å². The van der Waals surface area contributed by atoms with Crippen molar-refractivity contribution in [1.29, 1.82) is 0 Å². The zero-order chi connectivity index (χ0) is 13.4. The second-order valence-electron chi connectivity index (χ2n) is 3.50. The van der Waals surface area contributed by atoms with Crippen molar-refractivity contribution >= 4 is 10.0 Å². The summed E-state index contributed by atoms with van der Waals surface area (Å²) in [6.45, 7) is 5.28. The fourth-order valence-electron chi connectivity index (χ4n) is 1.27. The van der Waals surface area contributed by atoms with Gasteiger partial charge in [0.05, 0.1) is 19.4 Å². The Morgan fingerprint density at radius 2 is 2.28 bits per heavy atom. The minimum absolute atomic E-state index is 0.0724. The summed E-state index contributed by atoms with van der Waals surface area (Å²) in [5, 5.41) is 3.05. The molecule has 0 saturated carbocycles. The van der Waals surface area contributed by atoms with Gasteiger partial charge in [0.2, 0.25) is 5.09 Å². The van der Waals surface area contributed by atoms with E-state index < -0.39 is 10.0 Å². The minimum atomic E-state index is -3.50. The first-order valence-corrected chi connectivity index (χ1v) is 7.04. The summed E-state index contributed by atoms with van der Waals surface area (Å²) in [4.78, 5) is 0. The molecule has 0 amide bonds. The van der Waals surface area contributed by atoms with Gasteiger partial charge in [-0.05, 0) is 32.1 Å². The van der Waals surface area contributed by atoms with Crippen molar-refractivity contribution in [3.8, 4) is 0 Å². The third-order valence-corrected chi connectivity index (χ3v) is 3.49. The van der Waals surface area contributed by atoms with E-state index in [2.05, 4.69) is 16.6 Å². The Morgan fingerprint density at radius 1 is 1.50 bits per heavy atom. The average molecular weight is 274 g/mol. The van der Waals surface area contributed by atoms with E-state index in [1.165, 1.54) is 19.4 Å². The second-order valence-corrected chi connectivity index (χ2v) is 5.31. The maximum atomic E-state index is 11.4. The quantitative estimate of drug-likeness (QED) is 0.515. The van der Waals surface area contributed by atoms with Gasteiger partial charge in [-0.3, -0.25) is 0 Å². The SMILES string of the molecule is C=COCCCNCc1ccc(S(=O)(=O)NC)o1. The van der Waals surface area contributed by atoms with E-state index >= 15 is 0 Å². The molecule has 0 aliphatic carbocycles. The highest BCUT2D eigenvalue weighted by Crippen LogP contribution is 2.12. The molecule has 0 atom stereocenters. The summed E-state index contributed by atoms with van der Waals surface area (Å²) in [6.07, 6.45) is 2.25. The zero-order valence-corrected chi connectivity index (χ0v) is 11.1. The van der Waals surface area contributed by atoms with E-state index in [0.29, 0.717) is 18.9 Å². The third-order valence-electron chi connectivity index (χ3n) is 2.20. The Morgan fingerprint density at radius 3 is 2.94 bits per heavy atom. The molecule has 0 spiro atoms. The average Bonchev–Trinajstić information content (AvgIpc) is 2.83. The van der Waals surface area contributed by atoms with Crippen LogP contribution in [0.3, 0.4) is 0 Å². The summed E-state index contributed by atoms with van der Waals surface area (Å²) in [5.74, 6) is 0.577. The van der Waals surface area contributed by atoms with Gasteiger partial charge in [0.25, 0.3) is 10.0 Å². The Hall–Kier alpha value is -1.31. The lowest BCUT2D eigenvalue weighted by Crippen LogP contribution is -2.18. The van der Waals surface area contributed by atoms with E-state index in [-0.39, 0.29) is 5.09 Å². The first-order valence-electron chi connectivity index (χ1n) is 5.55. The summed E-state index contributed by atoms with van der Waals surface area (Å²) in [7, 11) is -2.15. The van der Waals surface area contributed by atoms with Crippen LogP contribution in [0.5, 0.6) is 0 Å². The van der Waals surface area contributed by atoms with Crippen LogP contribution in [0.1, 0.15) is 12.2 Å². The van der Waals surface area contributed by atoms with Crippen molar-refractivity contribution in [3.05, 3.63) is 30.7 Å². The summed E-state index contributed by atoms with van der Waals surface area (Å²) < 4.78 is 35.2. The molecule has 0 fully saturated rings. The van der Waals surface area contributed by atoms with E-state index in [9.17, 15) is 8.42 Å². The van der Waals surface area contributed by atoms with E-state index in [1.54, 1.807) is 6.07 Å². The Labute approximate surface area is 107 Å². The van der Waals surface area contributed by atoms with Crippen LogP contribution in [-0.2, 0) is 21.3 Å². The number of ether oxygens (including phenoxy) is 1. The molecule has 0 bridgehead atoms. The molecule has 0 aliphatic rings. The van der Waals surface area contributed by atoms with Gasteiger partial charge in [0, 0.05) is 0 Å². The van der Waals surface area contributed by atoms with Crippen molar-refractivity contribution < 1.29 is 17.6 Å². The lowest BCUT2D eigenvalue weighted by atomic mass is 10.4. The van der Waals surface area contributed by atoms with Crippen LogP contribution in [0.15, 0.2) is 34.5 Å². The zero-order valence-electron chi connectivity index (χ0n) is 10.3. The second kappa shape index (κ2) is 7.20. The standard InChI is InChI=1S/C11H18N2O4S/c1-3-16-8-4-7-13-9-10-5-6-11(17-10)18(14,15)12-2/h3,5-6,12-13H,1,4,7-9H2,2H3. The molecule has 1 rings (SSSR count). The lowest BCUT2D eigenvalue weighted by molar-refractivity contribution is 0.244. The molecular formula is C11H18N2O4S. The highest BCUT2D eigenvalue weighted by Gasteiger charge is 2.15. The molecule has 2 N–H and O–H groups in total. The first-order chi connectivity index (χ1) is 8.60. The van der Waals surface area contributed by atoms with Gasteiger partial charge < -0.3 is 14.5 Å². The smallest absolute Gasteiger partial charge is 0.273 e. The number of hydrogen-bond donors (Lipinski definition) is 2. The normalized spacial score (nSPS) is 11.4. The van der Waals surface area contributed by atoms with Crippen LogP contribution >= 0.6 is 0 Å². The van der Waals surface area contributed by atoms with Crippen LogP contribution in [0, 0.1) is 0 Å². The molecule has 0 unspecified atom stereocenters. The van der Waals surface area contributed by atoms with Crippen molar-refractivity contribution in [2.45, 2.75) is 18.1 Å². The van der Waals surface area contributed by atoms with Crippen molar-refractivity contribution in [2.24, 2.45) is 0 Å². The fraction of sp³-hybridized carbons (Fsp3) is 0.455. The molecule has 1 heterocycles. The number of nitrogens with one attached hydrogen (secondary N) is 2. The highest BCUT2D eigenvalue weighted by atomic mass is 32.2. The van der Waals surface area contributed by atoms with Gasteiger partial charge in [-0.1, -0.05) is 6.58 Å². The third kappa shape index (κ3) is 4.52. The number of rotatable bonds is 9. The Balaban J connectivity index is 2.34. The van der Waals surface area contributed by atoms with Crippen LogP contribution in [0.25, 0.3) is 0 Å². The molecule has 0 aliphatic heterocycles. The topological polar surface area (TPSA) is 80.6 Å². The number of sulfonamides is 1. The van der Waals surface area contributed by atoms with Crippen LogP contribution < -0.4 is 10.0 Å². The van der Waals surface area contributed by atoms with Crippen LogP contribution in [-0.4, -0.2) is 28.6 Å². The molecule has 0 saturated heterocycles. The molecule has 6 nitrogen and oxygen atoms in total. The van der Waals surface area contributed by atoms with Gasteiger partial charge in [-0.2, -0.15) is 0 Å². The Bertz CT molecular complexity index is 467. The molecule has 18 heavy (non-hydrogen) atoms. The molecule has 102 valence electrons. The minimum Gasteiger partial charge on any atom is -0.502 e. The van der Waals surface area contributed by atoms with Crippen molar-refractivity contribution in [2.75, 3.05) is 20.2 Å². The van der Waals surface area contributed by atoms with Gasteiger partial charge in [-0.25, -0.2) is 13.1 Å². The van der Waals surface area contributed by atoms with Gasteiger partial charge in [0.15, 0.2) is 0 Å². The molecule has 7 heteroatoms.